The van der Waals surface area contributed by atoms with Gasteiger partial charge in [-0.25, -0.2) is 13.8 Å². The van der Waals surface area contributed by atoms with Gasteiger partial charge in [0.15, 0.2) is 5.52 Å². The molecule has 0 saturated heterocycles. The van der Waals surface area contributed by atoms with Crippen molar-refractivity contribution in [3.05, 3.63) is 57.3 Å². The van der Waals surface area contributed by atoms with Gasteiger partial charge >= 0.3 is 0 Å². The standard InChI is InChI=1S/C16H14ClFN4O2/c1-24-13-6-12(13)22-16(23)14-10(7-19-22)15(17)21(20-14)8-9-4-2-3-5-11(9)18/h2-5,7,12-13H,6,8H2,1H3/t12-,13+/m1/s1. The Kier molecular flexibility index (Phi) is 3.62. The van der Waals surface area contributed by atoms with E-state index in [-0.39, 0.29) is 40.7 Å². The first-order valence-corrected chi connectivity index (χ1v) is 7.88. The van der Waals surface area contributed by atoms with Crippen molar-refractivity contribution in [1.82, 2.24) is 19.6 Å². The number of hydrogen-bond acceptors (Lipinski definition) is 4. The molecule has 2 aromatic heterocycles. The molecule has 0 spiro atoms. The predicted octanol–water partition coefficient (Wildman–Crippen LogP) is 2.39. The van der Waals surface area contributed by atoms with Crippen LogP contribution >= 0.6 is 11.6 Å². The van der Waals surface area contributed by atoms with Gasteiger partial charge in [-0.15, -0.1) is 0 Å². The Morgan fingerprint density at radius 2 is 2.21 bits per heavy atom. The molecule has 1 fully saturated rings. The van der Waals surface area contributed by atoms with E-state index in [2.05, 4.69) is 10.2 Å². The molecule has 1 aliphatic rings. The van der Waals surface area contributed by atoms with Crippen LogP contribution in [0.15, 0.2) is 35.3 Å². The number of ether oxygens (including phenoxy) is 1. The lowest BCUT2D eigenvalue weighted by Crippen LogP contribution is -2.23. The normalized spacial score (nSPS) is 19.8. The van der Waals surface area contributed by atoms with E-state index in [9.17, 15) is 9.18 Å². The molecule has 8 heteroatoms. The fraction of sp³-hybridized carbons (Fsp3) is 0.312. The van der Waals surface area contributed by atoms with Crippen molar-refractivity contribution >= 4 is 22.5 Å². The molecule has 2 heterocycles. The highest BCUT2D eigenvalue weighted by Crippen LogP contribution is 2.36. The SMILES string of the molecule is CO[C@H]1C[C@H]1n1ncc2c(Cl)n(Cc3ccccc3F)nc2c1=O. The summed E-state index contributed by atoms with van der Waals surface area (Å²) in [4.78, 5) is 12.6. The van der Waals surface area contributed by atoms with Crippen molar-refractivity contribution in [2.75, 3.05) is 7.11 Å². The van der Waals surface area contributed by atoms with Gasteiger partial charge in [-0.05, 0) is 6.07 Å². The van der Waals surface area contributed by atoms with E-state index in [1.807, 2.05) is 0 Å². The molecule has 0 amide bonds. The Hall–Kier alpha value is -2.25. The molecular formula is C16H14ClFN4O2. The fourth-order valence-corrected chi connectivity index (χ4v) is 3.04. The maximum atomic E-state index is 13.8. The van der Waals surface area contributed by atoms with Crippen molar-refractivity contribution in [3.63, 3.8) is 0 Å². The van der Waals surface area contributed by atoms with Gasteiger partial charge in [0.1, 0.15) is 11.0 Å². The Morgan fingerprint density at radius 1 is 1.42 bits per heavy atom. The van der Waals surface area contributed by atoms with Crippen LogP contribution in [0, 0.1) is 5.82 Å². The van der Waals surface area contributed by atoms with Crippen molar-refractivity contribution in [1.29, 1.82) is 0 Å². The van der Waals surface area contributed by atoms with Gasteiger partial charge in [0.2, 0.25) is 0 Å². The van der Waals surface area contributed by atoms with Crippen LogP contribution in [0.25, 0.3) is 10.9 Å². The van der Waals surface area contributed by atoms with Gasteiger partial charge in [-0.1, -0.05) is 29.8 Å². The molecular weight excluding hydrogens is 335 g/mol. The van der Waals surface area contributed by atoms with Crippen molar-refractivity contribution < 1.29 is 9.13 Å². The summed E-state index contributed by atoms with van der Waals surface area (Å²) in [6.07, 6.45) is 2.27. The molecule has 0 N–H and O–H groups in total. The van der Waals surface area contributed by atoms with E-state index < -0.39 is 0 Å². The quantitative estimate of drug-likeness (QED) is 0.726. The molecule has 0 bridgehead atoms. The Labute approximate surface area is 141 Å². The van der Waals surface area contributed by atoms with Crippen LogP contribution in [0.3, 0.4) is 0 Å². The number of rotatable bonds is 4. The summed E-state index contributed by atoms with van der Waals surface area (Å²) in [6.45, 7) is 0.143. The molecule has 124 valence electrons. The molecule has 3 aromatic rings. The molecule has 1 aromatic carbocycles. The molecule has 1 aliphatic carbocycles. The first kappa shape index (κ1) is 15.3. The second-order valence-corrected chi connectivity index (χ2v) is 6.13. The Balaban J connectivity index is 1.76. The van der Waals surface area contributed by atoms with Gasteiger partial charge in [-0.2, -0.15) is 10.2 Å². The van der Waals surface area contributed by atoms with Gasteiger partial charge in [0.05, 0.1) is 30.3 Å². The minimum absolute atomic E-state index is 0.00335. The van der Waals surface area contributed by atoms with Crippen LogP contribution in [0.4, 0.5) is 4.39 Å². The molecule has 0 radical (unpaired) electrons. The smallest absolute Gasteiger partial charge is 0.295 e. The summed E-state index contributed by atoms with van der Waals surface area (Å²) in [5.74, 6) is -0.343. The van der Waals surface area contributed by atoms with Gasteiger partial charge in [-0.3, -0.25) is 4.79 Å². The second kappa shape index (κ2) is 5.68. The summed E-state index contributed by atoms with van der Waals surface area (Å²) >= 11 is 6.30. The number of methoxy groups -OCH3 is 1. The Bertz CT molecular complexity index is 984. The first-order chi connectivity index (χ1) is 11.6. The van der Waals surface area contributed by atoms with E-state index in [0.29, 0.717) is 10.9 Å². The van der Waals surface area contributed by atoms with E-state index >= 15 is 0 Å². The van der Waals surface area contributed by atoms with Gasteiger partial charge in [0, 0.05) is 19.1 Å². The average molecular weight is 349 g/mol. The lowest BCUT2D eigenvalue weighted by molar-refractivity contribution is 0.167. The lowest BCUT2D eigenvalue weighted by atomic mass is 10.2. The van der Waals surface area contributed by atoms with Crippen molar-refractivity contribution in [3.8, 4) is 0 Å². The largest absolute Gasteiger partial charge is 0.379 e. The molecule has 2 atom stereocenters. The van der Waals surface area contributed by atoms with Crippen LogP contribution in [0.5, 0.6) is 0 Å². The zero-order chi connectivity index (χ0) is 16.8. The van der Waals surface area contributed by atoms with E-state index in [1.54, 1.807) is 25.3 Å². The van der Waals surface area contributed by atoms with Gasteiger partial charge < -0.3 is 4.74 Å². The maximum absolute atomic E-state index is 13.8. The van der Waals surface area contributed by atoms with Crippen LogP contribution in [-0.4, -0.2) is 32.8 Å². The second-order valence-electron chi connectivity index (χ2n) is 5.77. The summed E-state index contributed by atoms with van der Waals surface area (Å²) in [7, 11) is 1.61. The Morgan fingerprint density at radius 3 is 2.92 bits per heavy atom. The first-order valence-electron chi connectivity index (χ1n) is 7.50. The third-order valence-corrected chi connectivity index (χ3v) is 4.64. The highest BCUT2D eigenvalue weighted by atomic mass is 35.5. The minimum atomic E-state index is -0.343. The van der Waals surface area contributed by atoms with Crippen LogP contribution in [0.1, 0.15) is 18.0 Å². The fourth-order valence-electron chi connectivity index (χ4n) is 2.81. The molecule has 1 saturated carbocycles. The molecule has 4 rings (SSSR count). The molecule has 6 nitrogen and oxygen atoms in total. The zero-order valence-corrected chi connectivity index (χ0v) is 13.6. The maximum Gasteiger partial charge on any atom is 0.295 e. The number of hydrogen-bond donors (Lipinski definition) is 0. The van der Waals surface area contributed by atoms with E-state index in [4.69, 9.17) is 16.3 Å². The highest BCUT2D eigenvalue weighted by molar-refractivity contribution is 6.34. The average Bonchev–Trinajstić information content (AvgIpc) is 3.29. The van der Waals surface area contributed by atoms with Crippen molar-refractivity contribution in [2.24, 2.45) is 0 Å². The van der Waals surface area contributed by atoms with Crippen molar-refractivity contribution in [2.45, 2.75) is 25.1 Å². The third kappa shape index (κ3) is 2.40. The number of benzene rings is 1. The number of aromatic nitrogens is 4. The monoisotopic (exact) mass is 348 g/mol. The van der Waals surface area contributed by atoms with Gasteiger partial charge in [0.25, 0.3) is 5.56 Å². The number of halogens is 2. The molecule has 24 heavy (non-hydrogen) atoms. The van der Waals surface area contributed by atoms with Crippen LogP contribution in [0.2, 0.25) is 5.15 Å². The lowest BCUT2D eigenvalue weighted by Gasteiger charge is -2.04. The van der Waals surface area contributed by atoms with Crippen LogP contribution in [-0.2, 0) is 11.3 Å². The van der Waals surface area contributed by atoms with E-state index in [1.165, 1.54) is 21.6 Å². The zero-order valence-electron chi connectivity index (χ0n) is 12.8. The third-order valence-electron chi connectivity index (χ3n) is 4.24. The number of fused-ring (bicyclic) bond motifs is 1. The summed E-state index contributed by atoms with van der Waals surface area (Å²) < 4.78 is 21.8. The summed E-state index contributed by atoms with van der Waals surface area (Å²) in [5.41, 5.74) is 0.362. The highest BCUT2D eigenvalue weighted by Gasteiger charge is 2.41. The van der Waals surface area contributed by atoms with Crippen LogP contribution < -0.4 is 5.56 Å². The molecule has 0 unspecified atom stereocenters. The number of nitrogens with zero attached hydrogens (tertiary/aromatic N) is 4. The minimum Gasteiger partial charge on any atom is -0.379 e. The molecule has 0 aliphatic heterocycles. The van der Waals surface area contributed by atoms with E-state index in [0.717, 1.165) is 6.42 Å². The predicted molar refractivity (Wildman–Crippen MR) is 86.8 cm³/mol. The topological polar surface area (TPSA) is 61.9 Å². The summed E-state index contributed by atoms with van der Waals surface area (Å²) in [5, 5.41) is 9.18. The summed E-state index contributed by atoms with van der Waals surface area (Å²) in [6, 6.07) is 6.32.